The summed E-state index contributed by atoms with van der Waals surface area (Å²) in [6, 6.07) is 17.6. The molecule has 0 aliphatic carbocycles. The lowest BCUT2D eigenvalue weighted by Crippen LogP contribution is -2.00. The molecule has 11 heteroatoms. The van der Waals surface area contributed by atoms with E-state index in [9.17, 15) is 9.90 Å². The summed E-state index contributed by atoms with van der Waals surface area (Å²) in [5.74, 6) is 0.993. The number of carboxylic acid groups (broad SMARTS) is 1. The number of methoxy groups -OCH3 is 2. The van der Waals surface area contributed by atoms with Crippen LogP contribution < -0.4 is 14.2 Å². The highest BCUT2D eigenvalue weighted by Gasteiger charge is 2.16. The van der Waals surface area contributed by atoms with Gasteiger partial charge in [-0.2, -0.15) is 0 Å². The Morgan fingerprint density at radius 1 is 1.03 bits per heavy atom. The minimum Gasteiger partial charge on any atom is -0.497 e. The second kappa shape index (κ2) is 12.1. The molecule has 0 radical (unpaired) electrons. The molecule has 1 aromatic heterocycles. The van der Waals surface area contributed by atoms with Crippen molar-refractivity contribution in [2.45, 2.75) is 11.8 Å². The van der Waals surface area contributed by atoms with Crippen LogP contribution in [-0.4, -0.2) is 40.5 Å². The number of benzene rings is 3. The topological polar surface area (TPSA) is 107 Å². The van der Waals surface area contributed by atoms with Crippen LogP contribution in [0.25, 0.3) is 17.5 Å². The zero-order chi connectivity index (χ0) is 26.4. The molecule has 4 aromatic rings. The van der Waals surface area contributed by atoms with Gasteiger partial charge in [-0.15, -0.1) is 5.10 Å². The molecule has 0 fully saturated rings. The van der Waals surface area contributed by atoms with Crippen LogP contribution in [0.3, 0.4) is 0 Å². The van der Waals surface area contributed by atoms with Crippen molar-refractivity contribution in [3.8, 4) is 28.6 Å². The van der Waals surface area contributed by atoms with Crippen LogP contribution in [0.5, 0.6) is 17.2 Å². The van der Waals surface area contributed by atoms with Crippen molar-refractivity contribution in [2.24, 2.45) is 0 Å². The summed E-state index contributed by atoms with van der Waals surface area (Å²) in [5.41, 5.74) is 2.08. The number of hydrogen-bond donors (Lipinski definition) is 2. The molecule has 0 unspecified atom stereocenters. The van der Waals surface area contributed by atoms with Gasteiger partial charge < -0.3 is 19.3 Å². The number of para-hydroxylation sites is 1. The molecular formula is C26H21Cl2N3O5S. The molecule has 1 heterocycles. The number of carbonyl (C=O) groups is 1. The first-order chi connectivity index (χ1) is 17.9. The van der Waals surface area contributed by atoms with E-state index in [2.05, 4.69) is 15.2 Å². The molecule has 0 saturated carbocycles. The maximum absolute atomic E-state index is 12.1. The summed E-state index contributed by atoms with van der Waals surface area (Å²) in [6.07, 6.45) is 1.52. The molecule has 0 aliphatic heterocycles. The lowest BCUT2D eigenvalue weighted by atomic mass is 10.2. The van der Waals surface area contributed by atoms with Gasteiger partial charge in [-0.1, -0.05) is 47.5 Å². The number of thioether (sulfide) groups is 1. The zero-order valence-electron chi connectivity index (χ0n) is 19.7. The maximum atomic E-state index is 12.1. The fourth-order valence-corrected chi connectivity index (χ4v) is 4.28. The Bertz CT molecular complexity index is 1440. The van der Waals surface area contributed by atoms with Crippen molar-refractivity contribution in [2.75, 3.05) is 14.2 Å². The number of rotatable bonds is 10. The lowest BCUT2D eigenvalue weighted by molar-refractivity contribution is -0.131. The fourth-order valence-electron chi connectivity index (χ4n) is 3.26. The average molecular weight is 558 g/mol. The Morgan fingerprint density at radius 2 is 1.76 bits per heavy atom. The highest BCUT2D eigenvalue weighted by molar-refractivity contribution is 8.04. The van der Waals surface area contributed by atoms with Crippen molar-refractivity contribution in [3.05, 3.63) is 86.7 Å². The first kappa shape index (κ1) is 26.4. The van der Waals surface area contributed by atoms with E-state index in [-0.39, 0.29) is 16.7 Å². The standard InChI is InChI=1S/C26H21Cl2N3O5S/c1-34-18-10-17(11-19(13-18)35-2)24-29-26(31-30-24)37-23(25(32)33)12-16-5-3-4-6-22(16)36-14-15-7-8-20(27)21(28)9-15/h3-13H,14H2,1-2H3,(H,32,33)(H,29,30,31)/b23-12-. The van der Waals surface area contributed by atoms with Gasteiger partial charge in [0, 0.05) is 17.2 Å². The summed E-state index contributed by atoms with van der Waals surface area (Å²) in [7, 11) is 3.10. The Labute approximate surface area is 227 Å². The minimum absolute atomic E-state index is 0.0133. The van der Waals surface area contributed by atoms with Gasteiger partial charge in [0.15, 0.2) is 5.82 Å². The molecule has 0 spiro atoms. The summed E-state index contributed by atoms with van der Waals surface area (Å²) in [4.78, 5) is 16.5. The van der Waals surface area contributed by atoms with Gasteiger partial charge in [0.2, 0.25) is 5.16 Å². The van der Waals surface area contributed by atoms with E-state index in [0.717, 1.165) is 17.3 Å². The molecule has 37 heavy (non-hydrogen) atoms. The molecule has 0 bridgehead atoms. The van der Waals surface area contributed by atoms with E-state index in [1.54, 1.807) is 68.8 Å². The van der Waals surface area contributed by atoms with E-state index >= 15 is 0 Å². The predicted molar refractivity (Wildman–Crippen MR) is 144 cm³/mol. The lowest BCUT2D eigenvalue weighted by Gasteiger charge is -2.10. The van der Waals surface area contributed by atoms with Crippen molar-refractivity contribution in [3.63, 3.8) is 0 Å². The number of carboxylic acids is 1. The molecule has 8 nitrogen and oxygen atoms in total. The van der Waals surface area contributed by atoms with Gasteiger partial charge >= 0.3 is 5.97 Å². The Hall–Kier alpha value is -3.66. The van der Waals surface area contributed by atoms with Gasteiger partial charge in [0.1, 0.15) is 28.8 Å². The monoisotopic (exact) mass is 557 g/mol. The molecule has 0 amide bonds. The van der Waals surface area contributed by atoms with E-state index in [1.165, 1.54) is 6.08 Å². The third kappa shape index (κ3) is 6.76. The summed E-state index contributed by atoms with van der Waals surface area (Å²) in [5, 5.41) is 18.0. The summed E-state index contributed by atoms with van der Waals surface area (Å²) < 4.78 is 16.5. The van der Waals surface area contributed by atoms with Crippen molar-refractivity contribution >= 4 is 47.0 Å². The number of nitrogens with one attached hydrogen (secondary N) is 1. The van der Waals surface area contributed by atoms with Crippen LogP contribution in [-0.2, 0) is 11.4 Å². The van der Waals surface area contributed by atoms with E-state index in [0.29, 0.717) is 44.2 Å². The van der Waals surface area contributed by atoms with Crippen LogP contribution in [0.2, 0.25) is 10.0 Å². The quantitative estimate of drug-likeness (QED) is 0.166. The van der Waals surface area contributed by atoms with Gasteiger partial charge in [0.05, 0.1) is 24.3 Å². The molecule has 190 valence electrons. The number of aromatic nitrogens is 3. The van der Waals surface area contributed by atoms with Crippen molar-refractivity contribution < 1.29 is 24.1 Å². The highest BCUT2D eigenvalue weighted by atomic mass is 35.5. The highest BCUT2D eigenvalue weighted by Crippen LogP contribution is 2.32. The zero-order valence-corrected chi connectivity index (χ0v) is 22.0. The first-order valence-corrected chi connectivity index (χ1v) is 12.4. The Kier molecular flexibility index (Phi) is 8.60. The molecule has 0 atom stereocenters. The number of H-pyrrole nitrogens is 1. The number of nitrogens with zero attached hydrogens (tertiary/aromatic N) is 2. The van der Waals surface area contributed by atoms with Crippen LogP contribution >= 0.6 is 35.0 Å². The maximum Gasteiger partial charge on any atom is 0.342 e. The van der Waals surface area contributed by atoms with Gasteiger partial charge in [-0.25, -0.2) is 9.78 Å². The van der Waals surface area contributed by atoms with Crippen LogP contribution in [0.1, 0.15) is 11.1 Å². The Morgan fingerprint density at radius 3 is 2.43 bits per heavy atom. The fraction of sp³-hybridized carbons (Fsp3) is 0.115. The number of hydrogen-bond acceptors (Lipinski definition) is 7. The normalized spacial score (nSPS) is 11.3. The molecule has 2 N–H and O–H groups in total. The minimum atomic E-state index is -1.13. The second-order valence-electron chi connectivity index (χ2n) is 7.56. The smallest absolute Gasteiger partial charge is 0.342 e. The van der Waals surface area contributed by atoms with Crippen LogP contribution in [0.15, 0.2) is 70.7 Å². The molecule has 3 aromatic carbocycles. The van der Waals surface area contributed by atoms with Crippen LogP contribution in [0.4, 0.5) is 0 Å². The number of aliphatic carboxylic acids is 1. The van der Waals surface area contributed by atoms with Crippen molar-refractivity contribution in [1.29, 1.82) is 0 Å². The van der Waals surface area contributed by atoms with Crippen LogP contribution in [0, 0.1) is 0 Å². The molecule has 0 saturated heterocycles. The summed E-state index contributed by atoms with van der Waals surface area (Å²) in [6.45, 7) is 0.228. The third-order valence-corrected chi connectivity index (χ3v) is 6.70. The van der Waals surface area contributed by atoms with Gasteiger partial charge in [-0.3, -0.25) is 5.10 Å². The first-order valence-electron chi connectivity index (χ1n) is 10.8. The third-order valence-electron chi connectivity index (χ3n) is 5.09. The largest absolute Gasteiger partial charge is 0.497 e. The van der Waals surface area contributed by atoms with Gasteiger partial charge in [-0.05, 0) is 53.7 Å². The van der Waals surface area contributed by atoms with E-state index in [4.69, 9.17) is 37.4 Å². The second-order valence-corrected chi connectivity index (χ2v) is 9.38. The number of halogens is 2. The molecule has 0 aliphatic rings. The summed E-state index contributed by atoms with van der Waals surface area (Å²) >= 11 is 13.0. The number of ether oxygens (including phenoxy) is 3. The molecule has 4 rings (SSSR count). The SMILES string of the molecule is COc1cc(OC)cc(-c2nc(S/C(=C\c3ccccc3OCc3ccc(Cl)c(Cl)c3)C(=O)O)n[nH]2)c1. The Balaban J connectivity index is 1.55. The predicted octanol–water partition coefficient (Wildman–Crippen LogP) is 6.59. The molecular weight excluding hydrogens is 537 g/mol. The van der Waals surface area contributed by atoms with Gasteiger partial charge in [0.25, 0.3) is 0 Å². The van der Waals surface area contributed by atoms with Crippen molar-refractivity contribution in [1.82, 2.24) is 15.2 Å². The van der Waals surface area contributed by atoms with E-state index < -0.39 is 5.97 Å². The average Bonchev–Trinajstić information content (AvgIpc) is 3.38. The number of aromatic amines is 1. The van der Waals surface area contributed by atoms with E-state index in [1.807, 2.05) is 6.07 Å².